The number of morpholine rings is 1. The Morgan fingerprint density at radius 2 is 2.00 bits per heavy atom. The molecule has 0 amide bonds. The maximum Gasteiger partial charge on any atom is 0.0594 e. The molecule has 0 saturated carbocycles. The summed E-state index contributed by atoms with van der Waals surface area (Å²) in [4.78, 5) is 2.44. The van der Waals surface area contributed by atoms with Crippen LogP contribution in [0.4, 0.5) is 11.4 Å². The summed E-state index contributed by atoms with van der Waals surface area (Å²) in [6.45, 7) is 5.97. The van der Waals surface area contributed by atoms with E-state index in [1.54, 1.807) is 0 Å². The number of para-hydroxylation sites is 2. The third-order valence-corrected chi connectivity index (χ3v) is 3.03. The Hall–Kier alpha value is -1.26. The van der Waals surface area contributed by atoms with E-state index in [1.807, 2.05) is 24.3 Å². The molecule has 0 atom stereocenters. The van der Waals surface area contributed by atoms with Crippen LogP contribution in [0.15, 0.2) is 24.3 Å². The highest BCUT2D eigenvalue weighted by Crippen LogP contribution is 2.16. The topological polar surface area (TPSA) is 50.5 Å². The highest BCUT2D eigenvalue weighted by molar-refractivity contribution is 5.65. The number of nitrogens with two attached hydrogens (primary N) is 1. The number of nitrogen functional groups attached to an aromatic ring is 1. The molecule has 0 radical (unpaired) electrons. The Balaban J connectivity index is 1.64. The Morgan fingerprint density at radius 3 is 2.76 bits per heavy atom. The molecule has 1 aliphatic heterocycles. The minimum Gasteiger partial charge on any atom is -0.397 e. The molecule has 0 bridgehead atoms. The lowest BCUT2D eigenvalue weighted by atomic mass is 10.2. The maximum atomic E-state index is 5.86. The van der Waals surface area contributed by atoms with Crippen LogP contribution in [-0.2, 0) is 4.74 Å². The third-order valence-electron chi connectivity index (χ3n) is 3.03. The number of hydrogen-bond donors (Lipinski definition) is 2. The molecule has 1 fully saturated rings. The molecule has 94 valence electrons. The molecule has 1 aromatic carbocycles. The summed E-state index contributed by atoms with van der Waals surface area (Å²) in [6.07, 6.45) is 1.13. The molecule has 4 heteroatoms. The number of nitrogens with one attached hydrogen (secondary N) is 1. The molecule has 4 nitrogen and oxygen atoms in total. The van der Waals surface area contributed by atoms with Gasteiger partial charge in [0.05, 0.1) is 24.6 Å². The molecular formula is C13H21N3O. The van der Waals surface area contributed by atoms with Crippen molar-refractivity contribution in [2.75, 3.05) is 50.4 Å². The van der Waals surface area contributed by atoms with Gasteiger partial charge in [0.1, 0.15) is 0 Å². The summed E-state index contributed by atoms with van der Waals surface area (Å²) >= 11 is 0. The average molecular weight is 235 g/mol. The van der Waals surface area contributed by atoms with Gasteiger partial charge in [0.2, 0.25) is 0 Å². The number of nitrogens with zero attached hydrogens (tertiary/aromatic N) is 1. The summed E-state index contributed by atoms with van der Waals surface area (Å²) in [6, 6.07) is 7.89. The van der Waals surface area contributed by atoms with Crippen LogP contribution in [-0.4, -0.2) is 44.3 Å². The van der Waals surface area contributed by atoms with Crippen molar-refractivity contribution >= 4 is 11.4 Å². The number of ether oxygens (including phenoxy) is 1. The van der Waals surface area contributed by atoms with Crippen molar-refractivity contribution in [1.82, 2.24) is 4.90 Å². The summed E-state index contributed by atoms with van der Waals surface area (Å²) in [5, 5.41) is 3.37. The minimum atomic E-state index is 0.818. The third kappa shape index (κ3) is 3.91. The molecule has 2 rings (SSSR count). The normalized spacial score (nSPS) is 16.9. The zero-order valence-electron chi connectivity index (χ0n) is 10.2. The monoisotopic (exact) mass is 235 g/mol. The van der Waals surface area contributed by atoms with E-state index in [0.717, 1.165) is 57.2 Å². The van der Waals surface area contributed by atoms with Crippen LogP contribution in [0, 0.1) is 0 Å². The lowest BCUT2D eigenvalue weighted by Gasteiger charge is -2.26. The van der Waals surface area contributed by atoms with Crippen molar-refractivity contribution < 1.29 is 4.74 Å². The van der Waals surface area contributed by atoms with Crippen LogP contribution in [0.1, 0.15) is 6.42 Å². The summed E-state index contributed by atoms with van der Waals surface area (Å²) < 4.78 is 5.32. The van der Waals surface area contributed by atoms with E-state index in [0.29, 0.717) is 0 Å². The van der Waals surface area contributed by atoms with Gasteiger partial charge in [-0.3, -0.25) is 4.90 Å². The summed E-state index contributed by atoms with van der Waals surface area (Å²) in [5.74, 6) is 0. The first kappa shape index (κ1) is 12.2. The second kappa shape index (κ2) is 6.47. The van der Waals surface area contributed by atoms with E-state index >= 15 is 0 Å². The van der Waals surface area contributed by atoms with E-state index in [9.17, 15) is 0 Å². The predicted molar refractivity (Wildman–Crippen MR) is 71.2 cm³/mol. The molecule has 0 aromatic heterocycles. The molecular weight excluding hydrogens is 214 g/mol. The Labute approximate surface area is 103 Å². The van der Waals surface area contributed by atoms with Crippen molar-refractivity contribution in [3.63, 3.8) is 0 Å². The SMILES string of the molecule is Nc1ccccc1NCCCN1CCOCC1. The van der Waals surface area contributed by atoms with E-state index in [-0.39, 0.29) is 0 Å². The minimum absolute atomic E-state index is 0.818. The molecule has 1 aliphatic rings. The fourth-order valence-electron chi connectivity index (χ4n) is 2.01. The highest BCUT2D eigenvalue weighted by atomic mass is 16.5. The molecule has 3 N–H and O–H groups in total. The number of anilines is 2. The smallest absolute Gasteiger partial charge is 0.0594 e. The van der Waals surface area contributed by atoms with E-state index in [4.69, 9.17) is 10.5 Å². The molecule has 0 unspecified atom stereocenters. The lowest BCUT2D eigenvalue weighted by molar-refractivity contribution is 0.0378. The van der Waals surface area contributed by atoms with Gasteiger partial charge in [-0.25, -0.2) is 0 Å². The maximum absolute atomic E-state index is 5.86. The van der Waals surface area contributed by atoms with Gasteiger partial charge in [0.15, 0.2) is 0 Å². The predicted octanol–water partition coefficient (Wildman–Crippen LogP) is 1.40. The number of benzene rings is 1. The Kier molecular flexibility index (Phi) is 4.64. The van der Waals surface area contributed by atoms with Gasteiger partial charge in [-0.15, -0.1) is 0 Å². The second-order valence-electron chi connectivity index (χ2n) is 4.32. The summed E-state index contributed by atoms with van der Waals surface area (Å²) in [7, 11) is 0. The van der Waals surface area contributed by atoms with Crippen molar-refractivity contribution in [2.45, 2.75) is 6.42 Å². The van der Waals surface area contributed by atoms with Crippen molar-refractivity contribution in [1.29, 1.82) is 0 Å². The molecule has 0 aliphatic carbocycles. The zero-order chi connectivity index (χ0) is 11.9. The van der Waals surface area contributed by atoms with Gasteiger partial charge >= 0.3 is 0 Å². The first-order valence-electron chi connectivity index (χ1n) is 6.25. The molecule has 1 aromatic rings. The van der Waals surface area contributed by atoms with Gasteiger partial charge in [0.25, 0.3) is 0 Å². The first-order valence-corrected chi connectivity index (χ1v) is 6.25. The largest absolute Gasteiger partial charge is 0.397 e. The zero-order valence-corrected chi connectivity index (χ0v) is 10.2. The molecule has 17 heavy (non-hydrogen) atoms. The standard InChI is InChI=1S/C13H21N3O/c14-12-4-1-2-5-13(12)15-6-3-7-16-8-10-17-11-9-16/h1-2,4-5,15H,3,6-11,14H2. The van der Waals surface area contributed by atoms with Crippen molar-refractivity contribution in [3.05, 3.63) is 24.3 Å². The average Bonchev–Trinajstić information content (AvgIpc) is 2.38. The molecule has 1 saturated heterocycles. The Morgan fingerprint density at radius 1 is 1.24 bits per heavy atom. The van der Waals surface area contributed by atoms with Gasteiger partial charge < -0.3 is 15.8 Å². The van der Waals surface area contributed by atoms with Crippen LogP contribution >= 0.6 is 0 Å². The Bertz CT molecular complexity index is 337. The van der Waals surface area contributed by atoms with E-state index in [2.05, 4.69) is 10.2 Å². The quantitative estimate of drug-likeness (QED) is 0.598. The van der Waals surface area contributed by atoms with Crippen LogP contribution in [0.3, 0.4) is 0 Å². The summed E-state index contributed by atoms with van der Waals surface area (Å²) in [5.41, 5.74) is 7.71. The second-order valence-corrected chi connectivity index (χ2v) is 4.32. The van der Waals surface area contributed by atoms with Crippen molar-refractivity contribution in [2.24, 2.45) is 0 Å². The molecule has 0 spiro atoms. The van der Waals surface area contributed by atoms with Crippen molar-refractivity contribution in [3.8, 4) is 0 Å². The van der Waals surface area contributed by atoms with Gasteiger partial charge in [-0.05, 0) is 25.1 Å². The van der Waals surface area contributed by atoms with Crippen LogP contribution < -0.4 is 11.1 Å². The van der Waals surface area contributed by atoms with Gasteiger partial charge in [-0.1, -0.05) is 12.1 Å². The van der Waals surface area contributed by atoms with E-state index in [1.165, 1.54) is 0 Å². The van der Waals surface area contributed by atoms with Gasteiger partial charge in [-0.2, -0.15) is 0 Å². The van der Waals surface area contributed by atoms with E-state index < -0.39 is 0 Å². The first-order chi connectivity index (χ1) is 8.36. The number of rotatable bonds is 5. The van der Waals surface area contributed by atoms with Crippen LogP contribution in [0.2, 0.25) is 0 Å². The van der Waals surface area contributed by atoms with Crippen LogP contribution in [0.5, 0.6) is 0 Å². The number of hydrogen-bond acceptors (Lipinski definition) is 4. The lowest BCUT2D eigenvalue weighted by Crippen LogP contribution is -2.37. The highest BCUT2D eigenvalue weighted by Gasteiger charge is 2.08. The fourth-order valence-corrected chi connectivity index (χ4v) is 2.01. The van der Waals surface area contributed by atoms with Gasteiger partial charge in [0, 0.05) is 19.6 Å². The molecule has 1 heterocycles. The van der Waals surface area contributed by atoms with Crippen LogP contribution in [0.25, 0.3) is 0 Å². The fraction of sp³-hybridized carbons (Fsp3) is 0.538.